The van der Waals surface area contributed by atoms with E-state index in [2.05, 4.69) is 27.8 Å². The van der Waals surface area contributed by atoms with E-state index >= 15 is 0 Å². The maximum absolute atomic E-state index is 7.17. The molecule has 182 valence electrons. The average Bonchev–Trinajstić information content (AvgIpc) is 2.70. The molecule has 0 saturated heterocycles. The Bertz CT molecular complexity index is 273. The SMILES string of the molecule is CCCCCCCC[N+](C)(CCCCCCCC)CCCCCCCC.OB(O)O. The number of nitrogens with zero attached hydrogens (tertiary/aromatic N) is 1. The molecule has 0 atom stereocenters. The van der Waals surface area contributed by atoms with E-state index in [4.69, 9.17) is 15.1 Å². The van der Waals surface area contributed by atoms with Crippen molar-refractivity contribution in [3.05, 3.63) is 0 Å². The molecule has 30 heavy (non-hydrogen) atoms. The molecule has 0 spiro atoms. The minimum absolute atomic E-state index is 1.36. The molecule has 0 fully saturated rings. The fourth-order valence-electron chi connectivity index (χ4n) is 4.16. The molecule has 5 heteroatoms. The van der Waals surface area contributed by atoms with Gasteiger partial charge in [-0.1, -0.05) is 97.8 Å². The highest BCUT2D eigenvalue weighted by Gasteiger charge is 2.20. The van der Waals surface area contributed by atoms with Crippen LogP contribution in [-0.2, 0) is 0 Å². The van der Waals surface area contributed by atoms with Crippen molar-refractivity contribution in [1.82, 2.24) is 0 Å². The van der Waals surface area contributed by atoms with Crippen molar-refractivity contribution in [2.45, 2.75) is 136 Å². The van der Waals surface area contributed by atoms with Crippen molar-refractivity contribution in [1.29, 1.82) is 0 Å². The van der Waals surface area contributed by atoms with E-state index in [1.54, 1.807) is 0 Å². The molecule has 0 radical (unpaired) electrons. The Morgan fingerprint density at radius 1 is 0.433 bits per heavy atom. The van der Waals surface area contributed by atoms with Gasteiger partial charge in [-0.3, -0.25) is 0 Å². The molecule has 0 unspecified atom stereocenters. The maximum Gasteiger partial charge on any atom is 0.631 e. The normalized spacial score (nSPS) is 11.3. The second kappa shape index (κ2) is 25.2. The van der Waals surface area contributed by atoms with E-state index in [9.17, 15) is 0 Å². The van der Waals surface area contributed by atoms with Crippen LogP contribution >= 0.6 is 0 Å². The van der Waals surface area contributed by atoms with Crippen LogP contribution < -0.4 is 0 Å². The zero-order chi connectivity index (χ0) is 22.9. The maximum atomic E-state index is 7.17. The lowest BCUT2D eigenvalue weighted by Crippen LogP contribution is -2.46. The smallest absolute Gasteiger partial charge is 0.402 e. The van der Waals surface area contributed by atoms with Crippen molar-refractivity contribution in [2.75, 3.05) is 26.7 Å². The molecule has 0 heterocycles. The van der Waals surface area contributed by atoms with E-state index in [1.165, 1.54) is 140 Å². The van der Waals surface area contributed by atoms with Crippen LogP contribution in [0.4, 0.5) is 0 Å². The highest BCUT2D eigenvalue weighted by molar-refractivity contribution is 6.30. The van der Waals surface area contributed by atoms with Crippen molar-refractivity contribution >= 4 is 7.32 Å². The number of quaternary nitrogens is 1. The first-order valence-electron chi connectivity index (χ1n) is 13.3. The molecule has 0 aromatic heterocycles. The number of hydrogen-bond donors (Lipinski definition) is 3. The van der Waals surface area contributed by atoms with Crippen LogP contribution in [0.1, 0.15) is 136 Å². The van der Waals surface area contributed by atoms with Gasteiger partial charge in [0.2, 0.25) is 0 Å². The van der Waals surface area contributed by atoms with Gasteiger partial charge in [-0.2, -0.15) is 0 Å². The molecule has 0 aliphatic heterocycles. The third-order valence-corrected chi connectivity index (χ3v) is 6.15. The summed E-state index contributed by atoms with van der Waals surface area (Å²) in [6.07, 6.45) is 25.9. The Hall–Kier alpha value is -0.0951. The van der Waals surface area contributed by atoms with Gasteiger partial charge in [-0.05, 0) is 38.5 Å². The summed E-state index contributed by atoms with van der Waals surface area (Å²) in [4.78, 5) is 0. The summed E-state index contributed by atoms with van der Waals surface area (Å²) in [7, 11) is 0.393. The summed E-state index contributed by atoms with van der Waals surface area (Å²) in [5.74, 6) is 0. The van der Waals surface area contributed by atoms with Gasteiger partial charge in [0.1, 0.15) is 0 Å². The lowest BCUT2D eigenvalue weighted by molar-refractivity contribution is -0.910. The Balaban J connectivity index is 0. The Morgan fingerprint density at radius 2 is 0.633 bits per heavy atom. The van der Waals surface area contributed by atoms with E-state index < -0.39 is 7.32 Å². The van der Waals surface area contributed by atoms with Crippen LogP contribution in [-0.4, -0.2) is 53.6 Å². The third-order valence-electron chi connectivity index (χ3n) is 6.15. The summed E-state index contributed by atoms with van der Waals surface area (Å²) in [5.41, 5.74) is 0. The predicted molar refractivity (Wildman–Crippen MR) is 133 cm³/mol. The van der Waals surface area contributed by atoms with Crippen molar-refractivity contribution < 1.29 is 19.6 Å². The first-order chi connectivity index (χ1) is 14.4. The quantitative estimate of drug-likeness (QED) is 0.111. The fourth-order valence-corrected chi connectivity index (χ4v) is 4.16. The van der Waals surface area contributed by atoms with Gasteiger partial charge < -0.3 is 19.6 Å². The third kappa shape index (κ3) is 27.9. The van der Waals surface area contributed by atoms with Crippen molar-refractivity contribution in [2.24, 2.45) is 0 Å². The van der Waals surface area contributed by atoms with E-state index in [1.807, 2.05) is 0 Å². The lowest BCUT2D eigenvalue weighted by Gasteiger charge is -2.35. The summed E-state index contributed by atoms with van der Waals surface area (Å²) < 4.78 is 1.36. The van der Waals surface area contributed by atoms with E-state index in [0.717, 1.165) is 0 Å². The zero-order valence-corrected chi connectivity index (χ0v) is 21.2. The van der Waals surface area contributed by atoms with Gasteiger partial charge in [0, 0.05) is 0 Å². The molecule has 0 aromatic carbocycles. The monoisotopic (exact) mass is 430 g/mol. The van der Waals surface area contributed by atoms with Crippen LogP contribution in [0.5, 0.6) is 0 Å². The lowest BCUT2D eigenvalue weighted by atomic mass is 10.1. The van der Waals surface area contributed by atoms with Gasteiger partial charge in [0.05, 0.1) is 26.7 Å². The minimum atomic E-state index is -2.17. The van der Waals surface area contributed by atoms with Crippen LogP contribution in [0.25, 0.3) is 0 Å². The Kier molecular flexibility index (Phi) is 26.9. The van der Waals surface area contributed by atoms with Crippen molar-refractivity contribution in [3.63, 3.8) is 0 Å². The number of unbranched alkanes of at least 4 members (excludes halogenated alkanes) is 15. The topological polar surface area (TPSA) is 60.7 Å². The fraction of sp³-hybridized carbons (Fsp3) is 1.00. The van der Waals surface area contributed by atoms with Crippen molar-refractivity contribution in [3.8, 4) is 0 Å². The summed E-state index contributed by atoms with van der Waals surface area (Å²) >= 11 is 0. The highest BCUT2D eigenvalue weighted by atomic mass is 16.5. The number of hydrogen-bond acceptors (Lipinski definition) is 3. The second-order valence-corrected chi connectivity index (χ2v) is 9.44. The van der Waals surface area contributed by atoms with Crippen LogP contribution in [0.15, 0.2) is 0 Å². The summed E-state index contributed by atoms with van der Waals surface area (Å²) in [6, 6.07) is 0. The molecule has 0 amide bonds. The molecular weight excluding hydrogens is 373 g/mol. The molecule has 0 saturated carbocycles. The molecule has 0 aliphatic rings. The van der Waals surface area contributed by atoms with E-state index in [-0.39, 0.29) is 0 Å². The number of rotatable bonds is 21. The molecular formula is C25H57BNO3+. The predicted octanol–water partition coefficient (Wildman–Crippen LogP) is 6.46. The van der Waals surface area contributed by atoms with Crippen LogP contribution in [0.3, 0.4) is 0 Å². The summed E-state index contributed by atoms with van der Waals surface area (Å²) in [6.45, 7) is 11.2. The van der Waals surface area contributed by atoms with Gasteiger partial charge in [-0.25, -0.2) is 0 Å². The first-order valence-corrected chi connectivity index (χ1v) is 13.3. The highest BCUT2D eigenvalue weighted by Crippen LogP contribution is 2.16. The average molecular weight is 431 g/mol. The molecule has 0 bridgehead atoms. The van der Waals surface area contributed by atoms with Gasteiger partial charge >= 0.3 is 7.32 Å². The van der Waals surface area contributed by atoms with Gasteiger partial charge in [0.25, 0.3) is 0 Å². The zero-order valence-electron chi connectivity index (χ0n) is 21.2. The molecule has 4 nitrogen and oxygen atoms in total. The second-order valence-electron chi connectivity index (χ2n) is 9.44. The Labute approximate surface area is 190 Å². The molecule has 3 N–H and O–H groups in total. The largest absolute Gasteiger partial charge is 0.631 e. The molecule has 0 rings (SSSR count). The first kappa shape index (κ1) is 32.1. The standard InChI is InChI=1S/C25H54N.BH3O3/c1-5-8-11-14-17-20-23-26(4,24-21-18-15-12-9-6-2)25-22-19-16-13-10-7-3;2-1(3)4/h5-25H2,1-4H3;2-4H/q+1;. The van der Waals surface area contributed by atoms with Gasteiger partial charge in [-0.15, -0.1) is 0 Å². The van der Waals surface area contributed by atoms with Crippen LogP contribution in [0, 0.1) is 0 Å². The van der Waals surface area contributed by atoms with Crippen LogP contribution in [0.2, 0.25) is 0 Å². The van der Waals surface area contributed by atoms with Gasteiger partial charge in [0.15, 0.2) is 0 Å². The summed E-state index contributed by atoms with van der Waals surface area (Å²) in [5, 5.41) is 21.5. The minimum Gasteiger partial charge on any atom is -0.402 e. The molecule has 0 aromatic rings. The molecule has 0 aliphatic carbocycles. The Morgan fingerprint density at radius 3 is 0.867 bits per heavy atom. The van der Waals surface area contributed by atoms with E-state index in [0.29, 0.717) is 0 Å².